The summed E-state index contributed by atoms with van der Waals surface area (Å²) in [5.41, 5.74) is 1.39. The highest BCUT2D eigenvalue weighted by atomic mass is 32.2. The zero-order valence-corrected chi connectivity index (χ0v) is 20.3. The highest BCUT2D eigenvalue weighted by molar-refractivity contribution is 7.89. The minimum Gasteiger partial charge on any atom is -0.487 e. The molecule has 0 aromatic heterocycles. The Morgan fingerprint density at radius 1 is 1.27 bits per heavy atom. The van der Waals surface area contributed by atoms with Crippen LogP contribution in [0, 0.1) is 5.92 Å². The van der Waals surface area contributed by atoms with Gasteiger partial charge in [0.05, 0.1) is 13.2 Å². The Labute approximate surface area is 196 Å². The number of allylic oxidation sites excluding steroid dienone is 1. The van der Waals surface area contributed by atoms with Crippen LogP contribution in [0.25, 0.3) is 6.08 Å². The topological polar surface area (TPSA) is 87.2 Å². The molecule has 1 heterocycles. The molecule has 1 N–H and O–H groups in total. The number of amides is 1. The van der Waals surface area contributed by atoms with Gasteiger partial charge in [0.2, 0.25) is 10.0 Å². The normalized spacial score (nSPS) is 21.5. The summed E-state index contributed by atoms with van der Waals surface area (Å²) in [6.07, 6.45) is 3.28. The summed E-state index contributed by atoms with van der Waals surface area (Å²) < 4.78 is 34.6. The SMILES string of the molecule is CC=Cc1ccc2c(c1)OC(CN(C)C(=O)c1ccccc1)C(C)CN(C(C)CO)S2(=O)=O. The van der Waals surface area contributed by atoms with Gasteiger partial charge in [-0.2, -0.15) is 4.31 Å². The Morgan fingerprint density at radius 3 is 2.61 bits per heavy atom. The fourth-order valence-electron chi connectivity index (χ4n) is 3.91. The van der Waals surface area contributed by atoms with Crippen LogP contribution in [0.3, 0.4) is 0 Å². The number of benzene rings is 2. The lowest BCUT2D eigenvalue weighted by atomic mass is 10.0. The summed E-state index contributed by atoms with van der Waals surface area (Å²) in [5, 5.41) is 9.74. The number of likely N-dealkylation sites (N-methyl/N-ethyl adjacent to an activating group) is 1. The summed E-state index contributed by atoms with van der Waals surface area (Å²) in [4.78, 5) is 14.6. The van der Waals surface area contributed by atoms with Gasteiger partial charge in [0, 0.05) is 31.1 Å². The molecule has 2 aromatic rings. The molecule has 8 heteroatoms. The van der Waals surface area contributed by atoms with E-state index in [0.29, 0.717) is 5.56 Å². The van der Waals surface area contributed by atoms with Crippen molar-refractivity contribution in [1.82, 2.24) is 9.21 Å². The van der Waals surface area contributed by atoms with Crippen molar-refractivity contribution in [3.8, 4) is 5.75 Å². The molecule has 1 aliphatic rings. The number of rotatable bonds is 6. The zero-order chi connectivity index (χ0) is 24.2. The maximum atomic E-state index is 13.5. The Bertz CT molecular complexity index is 1100. The smallest absolute Gasteiger partial charge is 0.253 e. The minimum atomic E-state index is -3.89. The van der Waals surface area contributed by atoms with E-state index in [1.54, 1.807) is 49.2 Å². The molecule has 0 aliphatic carbocycles. The van der Waals surface area contributed by atoms with Gasteiger partial charge in [0.25, 0.3) is 5.91 Å². The van der Waals surface area contributed by atoms with E-state index in [9.17, 15) is 18.3 Å². The van der Waals surface area contributed by atoms with Gasteiger partial charge in [-0.3, -0.25) is 4.79 Å². The first-order valence-electron chi connectivity index (χ1n) is 11.1. The number of nitrogens with zero attached hydrogens (tertiary/aromatic N) is 2. The number of sulfonamides is 1. The van der Waals surface area contributed by atoms with Gasteiger partial charge in [0.1, 0.15) is 16.7 Å². The molecule has 1 aliphatic heterocycles. The fraction of sp³-hybridized carbons (Fsp3) is 0.400. The van der Waals surface area contributed by atoms with Crippen LogP contribution in [-0.2, 0) is 10.0 Å². The van der Waals surface area contributed by atoms with Crippen molar-refractivity contribution in [2.75, 3.05) is 26.7 Å². The molecule has 0 spiro atoms. The van der Waals surface area contributed by atoms with Gasteiger partial charge >= 0.3 is 0 Å². The number of hydrogen-bond donors (Lipinski definition) is 1. The van der Waals surface area contributed by atoms with Gasteiger partial charge in [0.15, 0.2) is 0 Å². The van der Waals surface area contributed by atoms with E-state index in [-0.39, 0.29) is 42.2 Å². The molecule has 3 rings (SSSR count). The van der Waals surface area contributed by atoms with E-state index < -0.39 is 22.2 Å². The molecular formula is C25H32N2O5S. The van der Waals surface area contributed by atoms with Gasteiger partial charge in [-0.15, -0.1) is 0 Å². The van der Waals surface area contributed by atoms with E-state index in [1.165, 1.54) is 4.31 Å². The van der Waals surface area contributed by atoms with E-state index in [4.69, 9.17) is 4.74 Å². The molecule has 2 aromatic carbocycles. The minimum absolute atomic E-state index is 0.0602. The summed E-state index contributed by atoms with van der Waals surface area (Å²) >= 11 is 0. The van der Waals surface area contributed by atoms with E-state index >= 15 is 0 Å². The molecule has 0 saturated heterocycles. The van der Waals surface area contributed by atoms with Crippen LogP contribution in [0.4, 0.5) is 0 Å². The number of carbonyl (C=O) groups excluding carboxylic acids is 1. The third-order valence-corrected chi connectivity index (χ3v) is 7.89. The second kappa shape index (κ2) is 10.5. The van der Waals surface area contributed by atoms with E-state index in [2.05, 4.69) is 0 Å². The third-order valence-electron chi connectivity index (χ3n) is 5.87. The largest absolute Gasteiger partial charge is 0.487 e. The summed E-state index contributed by atoms with van der Waals surface area (Å²) in [7, 11) is -2.17. The molecule has 0 saturated carbocycles. The maximum absolute atomic E-state index is 13.5. The summed E-state index contributed by atoms with van der Waals surface area (Å²) in [6.45, 7) is 5.62. The number of carbonyl (C=O) groups is 1. The van der Waals surface area contributed by atoms with Crippen LogP contribution >= 0.6 is 0 Å². The molecule has 178 valence electrons. The number of aliphatic hydroxyl groups is 1. The molecule has 1 amide bonds. The van der Waals surface area contributed by atoms with Gasteiger partial charge < -0.3 is 14.7 Å². The molecule has 33 heavy (non-hydrogen) atoms. The summed E-state index contributed by atoms with van der Waals surface area (Å²) in [5.74, 6) is -0.124. The highest BCUT2D eigenvalue weighted by Gasteiger charge is 2.38. The third kappa shape index (κ3) is 5.46. The Morgan fingerprint density at radius 2 is 1.97 bits per heavy atom. The summed E-state index contributed by atoms with van der Waals surface area (Å²) in [6, 6.07) is 13.4. The zero-order valence-electron chi connectivity index (χ0n) is 19.5. The molecule has 3 atom stereocenters. The van der Waals surface area contributed by atoms with Crippen LogP contribution in [0.2, 0.25) is 0 Å². The Hall–Kier alpha value is -2.68. The second-order valence-corrected chi connectivity index (χ2v) is 10.4. The Kier molecular flexibility index (Phi) is 7.94. The van der Waals surface area contributed by atoms with Crippen LogP contribution in [-0.4, -0.2) is 67.5 Å². The van der Waals surface area contributed by atoms with Crippen LogP contribution in [0.1, 0.15) is 36.7 Å². The van der Waals surface area contributed by atoms with Crippen molar-refractivity contribution in [3.05, 3.63) is 65.7 Å². The van der Waals surface area contributed by atoms with Gasteiger partial charge in [-0.05, 0) is 43.7 Å². The molecule has 0 radical (unpaired) electrons. The second-order valence-electron chi connectivity index (χ2n) is 8.50. The monoisotopic (exact) mass is 472 g/mol. The average Bonchev–Trinajstić information content (AvgIpc) is 2.81. The van der Waals surface area contributed by atoms with Crippen molar-refractivity contribution < 1.29 is 23.1 Å². The number of hydrogen-bond acceptors (Lipinski definition) is 5. The Balaban J connectivity index is 2.01. The van der Waals surface area contributed by atoms with Gasteiger partial charge in [-0.25, -0.2) is 8.42 Å². The predicted molar refractivity (Wildman–Crippen MR) is 129 cm³/mol. The van der Waals surface area contributed by atoms with Crippen molar-refractivity contribution in [2.24, 2.45) is 5.92 Å². The first-order chi connectivity index (χ1) is 15.7. The molecule has 0 fully saturated rings. The standard InChI is InChI=1S/C25H32N2O5S/c1-5-9-20-12-13-24-22(14-20)32-23(16-26(4)25(29)21-10-7-6-8-11-21)18(2)15-27(19(3)17-28)33(24,30)31/h5-14,18-19,23,28H,15-17H2,1-4H3. The lowest BCUT2D eigenvalue weighted by molar-refractivity contribution is 0.0563. The molecule has 7 nitrogen and oxygen atoms in total. The highest BCUT2D eigenvalue weighted by Crippen LogP contribution is 2.34. The molecule has 0 bridgehead atoms. The van der Waals surface area contributed by atoms with Crippen molar-refractivity contribution in [3.63, 3.8) is 0 Å². The first kappa shape index (κ1) is 25.0. The van der Waals surface area contributed by atoms with E-state index in [1.807, 2.05) is 44.2 Å². The predicted octanol–water partition coefficient (Wildman–Crippen LogP) is 3.26. The lowest BCUT2D eigenvalue weighted by Gasteiger charge is -2.37. The fourth-order valence-corrected chi connectivity index (χ4v) is 5.74. The van der Waals surface area contributed by atoms with Crippen molar-refractivity contribution in [2.45, 2.75) is 37.8 Å². The number of fused-ring (bicyclic) bond motifs is 1. The maximum Gasteiger partial charge on any atom is 0.253 e. The molecular weight excluding hydrogens is 440 g/mol. The number of aliphatic hydroxyl groups excluding tert-OH is 1. The van der Waals surface area contributed by atoms with Crippen LogP contribution < -0.4 is 4.74 Å². The van der Waals surface area contributed by atoms with Crippen molar-refractivity contribution >= 4 is 22.0 Å². The number of ether oxygens (including phenoxy) is 1. The average molecular weight is 473 g/mol. The van der Waals surface area contributed by atoms with Crippen LogP contribution in [0.5, 0.6) is 5.75 Å². The van der Waals surface area contributed by atoms with Gasteiger partial charge in [-0.1, -0.05) is 43.3 Å². The lowest BCUT2D eigenvalue weighted by Crippen LogP contribution is -2.50. The first-order valence-corrected chi connectivity index (χ1v) is 12.5. The molecule has 3 unspecified atom stereocenters. The quantitative estimate of drug-likeness (QED) is 0.697. The van der Waals surface area contributed by atoms with Crippen LogP contribution in [0.15, 0.2) is 59.5 Å². The van der Waals surface area contributed by atoms with E-state index in [0.717, 1.165) is 5.56 Å². The van der Waals surface area contributed by atoms with Crippen molar-refractivity contribution in [1.29, 1.82) is 0 Å².